The standard InChI is InChI=1S/C12H17FN2O2S.ClH/c1-9-3-4-11(13)7-12(9)18(16,17)15-6-5-14-10(2)8-15;/h3-4,7,10,14H,5-6,8H2,1-2H3;1H/t10-;/m1./s1. The van der Waals surface area contributed by atoms with Gasteiger partial charge in [-0.2, -0.15) is 4.31 Å². The number of piperazine rings is 1. The highest BCUT2D eigenvalue weighted by Crippen LogP contribution is 2.21. The lowest BCUT2D eigenvalue weighted by Gasteiger charge is -2.31. The van der Waals surface area contributed by atoms with Crippen LogP contribution in [0.4, 0.5) is 4.39 Å². The molecule has 0 amide bonds. The number of hydrogen-bond acceptors (Lipinski definition) is 3. The van der Waals surface area contributed by atoms with Crippen molar-refractivity contribution in [2.45, 2.75) is 24.8 Å². The van der Waals surface area contributed by atoms with Gasteiger partial charge in [0.25, 0.3) is 0 Å². The highest BCUT2D eigenvalue weighted by Gasteiger charge is 2.29. The molecule has 0 spiro atoms. The predicted molar refractivity (Wildman–Crippen MR) is 74.6 cm³/mol. The van der Waals surface area contributed by atoms with Crippen molar-refractivity contribution in [2.24, 2.45) is 0 Å². The molecular weight excluding hydrogens is 291 g/mol. The average molecular weight is 309 g/mol. The third kappa shape index (κ3) is 3.45. The van der Waals surface area contributed by atoms with Crippen molar-refractivity contribution in [3.05, 3.63) is 29.6 Å². The van der Waals surface area contributed by atoms with Gasteiger partial charge < -0.3 is 5.32 Å². The summed E-state index contributed by atoms with van der Waals surface area (Å²) in [5, 5.41) is 3.18. The molecule has 1 heterocycles. The Morgan fingerprint density at radius 1 is 1.42 bits per heavy atom. The minimum Gasteiger partial charge on any atom is -0.312 e. The topological polar surface area (TPSA) is 49.4 Å². The minimum atomic E-state index is -3.59. The second-order valence-corrected chi connectivity index (χ2v) is 6.53. The van der Waals surface area contributed by atoms with Crippen molar-refractivity contribution < 1.29 is 12.8 Å². The molecule has 0 bridgehead atoms. The van der Waals surface area contributed by atoms with E-state index in [0.29, 0.717) is 25.2 Å². The molecule has 2 rings (SSSR count). The van der Waals surface area contributed by atoms with Gasteiger partial charge in [0.15, 0.2) is 0 Å². The molecule has 1 saturated heterocycles. The molecule has 0 saturated carbocycles. The van der Waals surface area contributed by atoms with E-state index in [1.165, 1.54) is 16.4 Å². The van der Waals surface area contributed by atoms with E-state index in [2.05, 4.69) is 5.32 Å². The first-order valence-electron chi connectivity index (χ1n) is 5.91. The lowest BCUT2D eigenvalue weighted by molar-refractivity contribution is 0.310. The lowest BCUT2D eigenvalue weighted by Crippen LogP contribution is -2.51. The van der Waals surface area contributed by atoms with Gasteiger partial charge in [-0.25, -0.2) is 12.8 Å². The van der Waals surface area contributed by atoms with Crippen LogP contribution in [0.2, 0.25) is 0 Å². The van der Waals surface area contributed by atoms with Gasteiger partial charge in [0.05, 0.1) is 4.90 Å². The van der Waals surface area contributed by atoms with Crippen LogP contribution in [0.3, 0.4) is 0 Å². The van der Waals surface area contributed by atoms with E-state index < -0.39 is 15.8 Å². The van der Waals surface area contributed by atoms with E-state index in [9.17, 15) is 12.8 Å². The summed E-state index contributed by atoms with van der Waals surface area (Å²) in [6.07, 6.45) is 0. The number of rotatable bonds is 2. The Hall–Kier alpha value is -0.690. The van der Waals surface area contributed by atoms with Crippen LogP contribution in [0.25, 0.3) is 0 Å². The van der Waals surface area contributed by atoms with Gasteiger partial charge >= 0.3 is 0 Å². The van der Waals surface area contributed by atoms with Crippen molar-refractivity contribution in [3.8, 4) is 0 Å². The van der Waals surface area contributed by atoms with Gasteiger partial charge in [0.1, 0.15) is 5.82 Å². The molecule has 0 unspecified atom stereocenters. The third-order valence-corrected chi connectivity index (χ3v) is 5.11. The van der Waals surface area contributed by atoms with Gasteiger partial charge in [0, 0.05) is 25.7 Å². The molecule has 1 atom stereocenters. The second kappa shape index (κ2) is 6.17. The van der Waals surface area contributed by atoms with E-state index in [1.807, 2.05) is 6.92 Å². The number of nitrogens with zero attached hydrogens (tertiary/aromatic N) is 1. The van der Waals surface area contributed by atoms with E-state index in [1.54, 1.807) is 6.92 Å². The number of sulfonamides is 1. The Morgan fingerprint density at radius 3 is 2.74 bits per heavy atom. The van der Waals surface area contributed by atoms with Gasteiger partial charge in [0.2, 0.25) is 10.0 Å². The van der Waals surface area contributed by atoms with Crippen LogP contribution in [0.5, 0.6) is 0 Å². The zero-order chi connectivity index (χ0) is 13.3. The number of hydrogen-bond donors (Lipinski definition) is 1. The summed E-state index contributed by atoms with van der Waals surface area (Å²) in [4.78, 5) is 0.0663. The Kier molecular flexibility index (Phi) is 5.32. The molecule has 4 nitrogen and oxygen atoms in total. The fourth-order valence-corrected chi connectivity index (χ4v) is 3.87. The molecule has 7 heteroatoms. The average Bonchev–Trinajstić information content (AvgIpc) is 2.32. The number of aryl methyl sites for hydroxylation is 1. The van der Waals surface area contributed by atoms with E-state index in [4.69, 9.17) is 0 Å². The molecule has 1 fully saturated rings. The molecule has 0 aliphatic carbocycles. The highest BCUT2D eigenvalue weighted by molar-refractivity contribution is 7.89. The van der Waals surface area contributed by atoms with E-state index in [0.717, 1.165) is 6.07 Å². The highest BCUT2D eigenvalue weighted by atomic mass is 35.5. The largest absolute Gasteiger partial charge is 0.312 e. The monoisotopic (exact) mass is 308 g/mol. The fraction of sp³-hybridized carbons (Fsp3) is 0.500. The smallest absolute Gasteiger partial charge is 0.243 e. The Balaban J connectivity index is 0.00000180. The first-order valence-corrected chi connectivity index (χ1v) is 7.35. The molecule has 19 heavy (non-hydrogen) atoms. The van der Waals surface area contributed by atoms with Crippen molar-refractivity contribution in [1.29, 1.82) is 0 Å². The summed E-state index contributed by atoms with van der Waals surface area (Å²) >= 11 is 0. The maximum atomic E-state index is 13.2. The molecule has 0 aromatic heterocycles. The van der Waals surface area contributed by atoms with Gasteiger partial charge in [-0.1, -0.05) is 6.07 Å². The molecule has 108 valence electrons. The van der Waals surface area contributed by atoms with Gasteiger partial charge in [-0.15, -0.1) is 12.4 Å². The third-order valence-electron chi connectivity index (χ3n) is 3.10. The molecule has 1 N–H and O–H groups in total. The Bertz CT molecular complexity index is 551. The van der Waals surface area contributed by atoms with Crippen LogP contribution < -0.4 is 5.32 Å². The van der Waals surface area contributed by atoms with Crippen LogP contribution in [0.1, 0.15) is 12.5 Å². The molecule has 1 aromatic carbocycles. The zero-order valence-electron chi connectivity index (χ0n) is 10.9. The SMILES string of the molecule is Cc1ccc(F)cc1S(=O)(=O)N1CCN[C@H](C)C1.Cl. The molecule has 1 aromatic rings. The molecule has 1 aliphatic rings. The number of halogens is 2. The lowest BCUT2D eigenvalue weighted by atomic mass is 10.2. The van der Waals surface area contributed by atoms with Crippen molar-refractivity contribution >= 4 is 22.4 Å². The summed E-state index contributed by atoms with van der Waals surface area (Å²) in [5.74, 6) is -0.526. The fourth-order valence-electron chi connectivity index (χ4n) is 2.11. The van der Waals surface area contributed by atoms with E-state index in [-0.39, 0.29) is 23.3 Å². The summed E-state index contributed by atoms with van der Waals surface area (Å²) in [5.41, 5.74) is 0.572. The van der Waals surface area contributed by atoms with Crippen LogP contribution in [0, 0.1) is 12.7 Å². The predicted octanol–water partition coefficient (Wildman–Crippen LogP) is 1.54. The Morgan fingerprint density at radius 2 is 2.11 bits per heavy atom. The van der Waals surface area contributed by atoms with Crippen molar-refractivity contribution in [3.63, 3.8) is 0 Å². The summed E-state index contributed by atoms with van der Waals surface area (Å²) in [7, 11) is -3.59. The van der Waals surface area contributed by atoms with Crippen LogP contribution in [-0.2, 0) is 10.0 Å². The van der Waals surface area contributed by atoms with Crippen molar-refractivity contribution in [1.82, 2.24) is 9.62 Å². The summed E-state index contributed by atoms with van der Waals surface area (Å²) in [6, 6.07) is 3.97. The minimum absolute atomic E-state index is 0. The number of nitrogens with one attached hydrogen (secondary N) is 1. The number of benzene rings is 1. The van der Waals surface area contributed by atoms with Crippen LogP contribution in [-0.4, -0.2) is 38.4 Å². The molecule has 1 aliphatic heterocycles. The van der Waals surface area contributed by atoms with Crippen molar-refractivity contribution in [2.75, 3.05) is 19.6 Å². The summed E-state index contributed by atoms with van der Waals surface area (Å²) in [6.45, 7) is 5.06. The maximum Gasteiger partial charge on any atom is 0.243 e. The Labute approximate surface area is 119 Å². The summed E-state index contributed by atoms with van der Waals surface area (Å²) < 4.78 is 39.5. The zero-order valence-corrected chi connectivity index (χ0v) is 12.5. The quantitative estimate of drug-likeness (QED) is 0.901. The first kappa shape index (κ1) is 16.4. The molecular formula is C12H18ClFN2O2S. The second-order valence-electron chi connectivity index (χ2n) is 4.63. The van der Waals surface area contributed by atoms with Crippen LogP contribution in [0.15, 0.2) is 23.1 Å². The van der Waals surface area contributed by atoms with Gasteiger partial charge in [-0.3, -0.25) is 0 Å². The molecule has 0 radical (unpaired) electrons. The first-order chi connectivity index (χ1) is 8.41. The van der Waals surface area contributed by atoms with Gasteiger partial charge in [-0.05, 0) is 31.5 Å². The van der Waals surface area contributed by atoms with E-state index >= 15 is 0 Å². The maximum absolute atomic E-state index is 13.2. The van der Waals surface area contributed by atoms with Crippen LogP contribution >= 0.6 is 12.4 Å². The normalized spacial score (nSPS) is 20.9.